The molecule has 0 heterocycles. The SMILES string of the molecule is CCCC(=O)NOC(=O)CCSCC1C(=O)CCC1C(=O)O. The maximum absolute atomic E-state index is 11.6. The van der Waals surface area contributed by atoms with Gasteiger partial charge in [-0.15, -0.1) is 0 Å². The van der Waals surface area contributed by atoms with Gasteiger partial charge in [-0.2, -0.15) is 17.2 Å². The number of carbonyl (C=O) groups excluding carboxylic acids is 3. The van der Waals surface area contributed by atoms with Gasteiger partial charge in [0.25, 0.3) is 5.91 Å². The molecule has 0 aliphatic heterocycles. The molecule has 2 N–H and O–H groups in total. The zero-order chi connectivity index (χ0) is 16.5. The monoisotopic (exact) mass is 331 g/mol. The largest absolute Gasteiger partial charge is 0.481 e. The van der Waals surface area contributed by atoms with Crippen LogP contribution in [0.15, 0.2) is 0 Å². The molecule has 1 fully saturated rings. The van der Waals surface area contributed by atoms with Gasteiger partial charge in [-0.3, -0.25) is 14.4 Å². The highest BCUT2D eigenvalue weighted by atomic mass is 32.2. The molecule has 22 heavy (non-hydrogen) atoms. The quantitative estimate of drug-likeness (QED) is 0.507. The van der Waals surface area contributed by atoms with E-state index in [2.05, 4.69) is 10.3 Å². The molecule has 0 aromatic heterocycles. The van der Waals surface area contributed by atoms with E-state index in [1.165, 1.54) is 11.8 Å². The number of hydrogen-bond acceptors (Lipinski definition) is 6. The van der Waals surface area contributed by atoms with Crippen LogP contribution in [-0.2, 0) is 24.0 Å². The Morgan fingerprint density at radius 2 is 2.09 bits per heavy atom. The molecule has 2 atom stereocenters. The zero-order valence-corrected chi connectivity index (χ0v) is 13.3. The first-order chi connectivity index (χ1) is 10.5. The first-order valence-electron chi connectivity index (χ1n) is 7.27. The van der Waals surface area contributed by atoms with E-state index in [9.17, 15) is 19.2 Å². The van der Waals surface area contributed by atoms with Crippen LogP contribution in [0, 0.1) is 11.8 Å². The predicted molar refractivity (Wildman–Crippen MR) is 79.9 cm³/mol. The van der Waals surface area contributed by atoms with Crippen molar-refractivity contribution in [3.63, 3.8) is 0 Å². The van der Waals surface area contributed by atoms with Gasteiger partial charge in [0.1, 0.15) is 5.78 Å². The highest BCUT2D eigenvalue weighted by Crippen LogP contribution is 2.31. The fourth-order valence-corrected chi connectivity index (χ4v) is 3.37. The topological polar surface area (TPSA) is 110 Å². The van der Waals surface area contributed by atoms with E-state index in [4.69, 9.17) is 5.11 Å². The van der Waals surface area contributed by atoms with Crippen LogP contribution >= 0.6 is 11.8 Å². The van der Waals surface area contributed by atoms with Crippen molar-refractivity contribution in [2.75, 3.05) is 11.5 Å². The van der Waals surface area contributed by atoms with Crippen molar-refractivity contribution in [3.8, 4) is 0 Å². The number of rotatable bonds is 8. The summed E-state index contributed by atoms with van der Waals surface area (Å²) >= 11 is 1.35. The molecule has 8 heteroatoms. The summed E-state index contributed by atoms with van der Waals surface area (Å²) in [5, 5.41) is 9.04. The zero-order valence-electron chi connectivity index (χ0n) is 12.5. The van der Waals surface area contributed by atoms with Crippen molar-refractivity contribution in [3.05, 3.63) is 0 Å². The van der Waals surface area contributed by atoms with E-state index in [1.54, 1.807) is 0 Å². The summed E-state index contributed by atoms with van der Waals surface area (Å²) in [6.07, 6.45) is 1.76. The molecule has 1 rings (SSSR count). The maximum Gasteiger partial charge on any atom is 0.333 e. The van der Waals surface area contributed by atoms with Crippen molar-refractivity contribution in [1.29, 1.82) is 0 Å². The predicted octanol–water partition coefficient (Wildman–Crippen LogP) is 1.16. The number of carboxylic acid groups (broad SMARTS) is 1. The van der Waals surface area contributed by atoms with Gasteiger partial charge in [0.05, 0.1) is 12.3 Å². The third-order valence-electron chi connectivity index (χ3n) is 3.42. The Kier molecular flexibility index (Phi) is 7.94. The molecule has 0 bridgehead atoms. The highest BCUT2D eigenvalue weighted by Gasteiger charge is 2.38. The molecular formula is C14H21NO6S. The van der Waals surface area contributed by atoms with Crippen molar-refractivity contribution < 1.29 is 29.1 Å². The van der Waals surface area contributed by atoms with E-state index >= 15 is 0 Å². The molecule has 0 radical (unpaired) electrons. The molecule has 0 spiro atoms. The number of hydrogen-bond donors (Lipinski definition) is 2. The van der Waals surface area contributed by atoms with Crippen LogP contribution in [0.1, 0.15) is 39.0 Å². The second kappa shape index (κ2) is 9.45. The minimum atomic E-state index is -0.936. The fraction of sp³-hybridized carbons (Fsp3) is 0.714. The third-order valence-corrected chi connectivity index (χ3v) is 4.51. The average molecular weight is 331 g/mol. The normalized spacial score (nSPS) is 20.7. The van der Waals surface area contributed by atoms with Gasteiger partial charge in [-0.25, -0.2) is 4.79 Å². The number of aliphatic carboxylic acids is 1. The van der Waals surface area contributed by atoms with Gasteiger partial charge in [0.15, 0.2) is 0 Å². The Labute approximate surface area is 133 Å². The van der Waals surface area contributed by atoms with E-state index in [-0.39, 0.29) is 18.1 Å². The Morgan fingerprint density at radius 3 is 2.73 bits per heavy atom. The van der Waals surface area contributed by atoms with Gasteiger partial charge in [-0.1, -0.05) is 6.92 Å². The van der Waals surface area contributed by atoms with Gasteiger partial charge < -0.3 is 9.94 Å². The minimum absolute atomic E-state index is 0.0192. The molecular weight excluding hydrogens is 310 g/mol. The Balaban J connectivity index is 2.19. The maximum atomic E-state index is 11.6. The van der Waals surface area contributed by atoms with Crippen molar-refractivity contribution in [2.24, 2.45) is 11.8 Å². The molecule has 0 saturated heterocycles. The minimum Gasteiger partial charge on any atom is -0.481 e. The summed E-state index contributed by atoms with van der Waals surface area (Å²) in [6.45, 7) is 1.84. The molecule has 1 saturated carbocycles. The second-order valence-corrected chi connectivity index (χ2v) is 6.28. The molecule has 0 aromatic rings. The van der Waals surface area contributed by atoms with E-state index in [1.807, 2.05) is 6.92 Å². The van der Waals surface area contributed by atoms with Gasteiger partial charge in [-0.05, 0) is 12.8 Å². The summed E-state index contributed by atoms with van der Waals surface area (Å²) in [7, 11) is 0. The summed E-state index contributed by atoms with van der Waals surface area (Å²) < 4.78 is 0. The number of hydroxylamine groups is 1. The summed E-state index contributed by atoms with van der Waals surface area (Å²) in [6, 6.07) is 0. The lowest BCUT2D eigenvalue weighted by atomic mass is 9.98. The van der Waals surface area contributed by atoms with Crippen LogP contribution in [0.25, 0.3) is 0 Å². The molecule has 1 amide bonds. The van der Waals surface area contributed by atoms with Crippen molar-refractivity contribution >= 4 is 35.4 Å². The fourth-order valence-electron chi connectivity index (χ4n) is 2.22. The smallest absolute Gasteiger partial charge is 0.333 e. The first-order valence-corrected chi connectivity index (χ1v) is 8.43. The van der Waals surface area contributed by atoms with Crippen LogP contribution in [0.5, 0.6) is 0 Å². The van der Waals surface area contributed by atoms with Gasteiger partial charge in [0.2, 0.25) is 0 Å². The van der Waals surface area contributed by atoms with Crippen LogP contribution in [0.3, 0.4) is 0 Å². The second-order valence-electron chi connectivity index (χ2n) is 5.13. The molecule has 0 aromatic carbocycles. The molecule has 1 aliphatic rings. The standard InChI is InChI=1S/C14H21NO6S/c1-2-3-12(17)15-21-13(18)6-7-22-8-10-9(14(19)20)4-5-11(10)16/h9-10H,2-8H2,1H3,(H,15,17)(H,19,20). The Bertz CT molecular complexity index is 439. The summed E-state index contributed by atoms with van der Waals surface area (Å²) in [5.41, 5.74) is 2.06. The van der Waals surface area contributed by atoms with Crippen LogP contribution in [0.4, 0.5) is 0 Å². The Hall–Kier alpha value is -1.57. The number of thioether (sulfide) groups is 1. The van der Waals surface area contributed by atoms with Crippen LogP contribution in [0.2, 0.25) is 0 Å². The summed E-state index contributed by atoms with van der Waals surface area (Å²) in [5.74, 6) is -2.12. The number of amides is 1. The first kappa shape index (κ1) is 18.5. The molecule has 2 unspecified atom stereocenters. The molecule has 124 valence electrons. The van der Waals surface area contributed by atoms with Crippen LogP contribution in [-0.4, -0.2) is 40.2 Å². The lowest BCUT2D eigenvalue weighted by Gasteiger charge is -2.13. The van der Waals surface area contributed by atoms with Gasteiger partial charge in [0, 0.05) is 30.3 Å². The van der Waals surface area contributed by atoms with E-state index in [0.29, 0.717) is 37.2 Å². The number of ketones is 1. The molecule has 7 nitrogen and oxygen atoms in total. The lowest BCUT2D eigenvalue weighted by molar-refractivity contribution is -0.157. The van der Waals surface area contributed by atoms with Gasteiger partial charge >= 0.3 is 11.9 Å². The lowest BCUT2D eigenvalue weighted by Crippen LogP contribution is -2.27. The number of Topliss-reactive ketones (excluding diaryl/α,β-unsaturated/α-hetero) is 1. The molecule has 1 aliphatic carbocycles. The van der Waals surface area contributed by atoms with E-state index in [0.717, 1.165) is 0 Å². The average Bonchev–Trinajstić information content (AvgIpc) is 2.83. The van der Waals surface area contributed by atoms with Crippen molar-refractivity contribution in [1.82, 2.24) is 5.48 Å². The van der Waals surface area contributed by atoms with Crippen molar-refractivity contribution in [2.45, 2.75) is 39.0 Å². The van der Waals surface area contributed by atoms with Crippen LogP contribution < -0.4 is 5.48 Å². The summed E-state index contributed by atoms with van der Waals surface area (Å²) in [4.78, 5) is 49.7. The Morgan fingerprint density at radius 1 is 1.36 bits per heavy atom. The number of nitrogens with one attached hydrogen (secondary N) is 1. The van der Waals surface area contributed by atoms with E-state index < -0.39 is 23.8 Å². The highest BCUT2D eigenvalue weighted by molar-refractivity contribution is 7.99. The number of carbonyl (C=O) groups is 4. The third kappa shape index (κ3) is 6.05. The number of carboxylic acids is 1.